The molecule has 2 bridgehead atoms. The molecule has 3 heterocycles. The third-order valence-electron chi connectivity index (χ3n) is 3.52. The molecule has 1 aliphatic heterocycles. The molecule has 0 aromatic carbocycles. The van der Waals surface area contributed by atoms with E-state index in [1.54, 1.807) is 23.0 Å². The summed E-state index contributed by atoms with van der Waals surface area (Å²) in [7, 11) is 0. The molecule has 23 heavy (non-hydrogen) atoms. The van der Waals surface area contributed by atoms with Crippen molar-refractivity contribution in [3.05, 3.63) is 66.1 Å². The summed E-state index contributed by atoms with van der Waals surface area (Å²) in [6.07, 6.45) is 17.7. The van der Waals surface area contributed by atoms with Crippen LogP contribution in [0.3, 0.4) is 0 Å². The van der Waals surface area contributed by atoms with E-state index in [-0.39, 0.29) is 6.04 Å². The van der Waals surface area contributed by atoms with Crippen molar-refractivity contribution in [1.82, 2.24) is 14.6 Å². The van der Waals surface area contributed by atoms with Crippen molar-refractivity contribution in [1.29, 1.82) is 0 Å². The zero-order valence-electron chi connectivity index (χ0n) is 13.2. The second-order valence-electron chi connectivity index (χ2n) is 4.94. The lowest BCUT2D eigenvalue weighted by Gasteiger charge is -2.01. The fourth-order valence-electron chi connectivity index (χ4n) is 2.49. The second-order valence-corrected chi connectivity index (χ2v) is 4.94. The smallest absolute Gasteiger partial charge is 0.165 e. The molecule has 0 amide bonds. The lowest BCUT2D eigenvalue weighted by Crippen LogP contribution is -1.99. The molecule has 0 radical (unpaired) electrons. The van der Waals surface area contributed by atoms with Crippen molar-refractivity contribution in [2.24, 2.45) is 4.99 Å². The van der Waals surface area contributed by atoms with E-state index in [9.17, 15) is 0 Å². The Bertz CT molecular complexity index is 865. The highest BCUT2D eigenvalue weighted by molar-refractivity contribution is 6.13. The number of hydrogen-bond acceptors (Lipinski definition) is 4. The normalized spacial score (nSPS) is 18.6. The van der Waals surface area contributed by atoms with Crippen molar-refractivity contribution in [3.8, 4) is 0 Å². The minimum atomic E-state index is 0.0728. The Balaban J connectivity index is 0.000000753. The van der Waals surface area contributed by atoms with Crippen molar-refractivity contribution in [2.75, 3.05) is 5.73 Å². The van der Waals surface area contributed by atoms with Crippen LogP contribution in [0.4, 0.5) is 5.82 Å². The highest BCUT2D eigenvalue weighted by Gasteiger charge is 2.13. The standard InChI is InChI=1S/C16H13N5.C2H6/c17-15-5-6-18-16-14(10-20-21(15)16)12-7-11-3-1-2-4-13(8-11)19-9-12;1-2/h1-10,13H,17H2;1-2H3. The van der Waals surface area contributed by atoms with Gasteiger partial charge < -0.3 is 5.73 Å². The number of anilines is 1. The lowest BCUT2D eigenvalue weighted by atomic mass is 10.1. The topological polar surface area (TPSA) is 68.6 Å². The molecule has 4 rings (SSSR count). The molecule has 1 aliphatic carbocycles. The average molecular weight is 305 g/mol. The van der Waals surface area contributed by atoms with Crippen molar-refractivity contribution in [2.45, 2.75) is 19.9 Å². The average Bonchev–Trinajstić information content (AvgIpc) is 2.77. The molecule has 0 saturated heterocycles. The fraction of sp³-hybridized carbons (Fsp3) is 0.167. The summed E-state index contributed by atoms with van der Waals surface area (Å²) in [4.78, 5) is 8.96. The van der Waals surface area contributed by atoms with Gasteiger partial charge in [0.05, 0.1) is 12.2 Å². The molecule has 1 atom stereocenters. The third-order valence-corrected chi connectivity index (χ3v) is 3.52. The van der Waals surface area contributed by atoms with Crippen LogP contribution in [-0.4, -0.2) is 26.9 Å². The fourth-order valence-corrected chi connectivity index (χ4v) is 2.49. The van der Waals surface area contributed by atoms with Gasteiger partial charge in [-0.15, -0.1) is 0 Å². The number of rotatable bonds is 1. The Morgan fingerprint density at radius 3 is 2.96 bits per heavy atom. The van der Waals surface area contributed by atoms with E-state index in [0.29, 0.717) is 5.82 Å². The van der Waals surface area contributed by atoms with E-state index in [2.05, 4.69) is 39.4 Å². The molecule has 1 unspecified atom stereocenters. The van der Waals surface area contributed by atoms with E-state index in [1.165, 1.54) is 0 Å². The van der Waals surface area contributed by atoms with Gasteiger partial charge in [-0.1, -0.05) is 38.2 Å². The summed E-state index contributed by atoms with van der Waals surface area (Å²) in [5.74, 6) is 0.565. The Labute approximate surface area is 135 Å². The molecular formula is C18H19N5. The van der Waals surface area contributed by atoms with Gasteiger partial charge in [-0.25, -0.2) is 4.98 Å². The summed E-state index contributed by atoms with van der Waals surface area (Å²) in [5.41, 5.74) is 9.69. The lowest BCUT2D eigenvalue weighted by molar-refractivity contribution is 0.952. The second kappa shape index (κ2) is 6.44. The first-order valence-corrected chi connectivity index (χ1v) is 7.71. The number of hydrogen-bond donors (Lipinski definition) is 1. The number of aliphatic imine (C=N–C) groups is 1. The summed E-state index contributed by atoms with van der Waals surface area (Å²) < 4.78 is 1.64. The molecule has 0 spiro atoms. The van der Waals surface area contributed by atoms with Crippen molar-refractivity contribution in [3.63, 3.8) is 0 Å². The summed E-state index contributed by atoms with van der Waals surface area (Å²) in [6.45, 7) is 4.00. The molecule has 2 aliphatic rings. The van der Waals surface area contributed by atoms with Gasteiger partial charge in [0.2, 0.25) is 0 Å². The quantitative estimate of drug-likeness (QED) is 0.879. The van der Waals surface area contributed by atoms with E-state index < -0.39 is 0 Å². The van der Waals surface area contributed by atoms with E-state index in [1.807, 2.05) is 32.2 Å². The number of nitrogen functional groups attached to an aromatic ring is 1. The number of nitrogens with zero attached hydrogens (tertiary/aromatic N) is 4. The molecule has 5 nitrogen and oxygen atoms in total. The predicted molar refractivity (Wildman–Crippen MR) is 95.4 cm³/mol. The van der Waals surface area contributed by atoms with Crippen LogP contribution in [0, 0.1) is 0 Å². The summed E-state index contributed by atoms with van der Waals surface area (Å²) >= 11 is 0. The predicted octanol–water partition coefficient (Wildman–Crippen LogP) is 3.23. The third kappa shape index (κ3) is 2.85. The summed E-state index contributed by atoms with van der Waals surface area (Å²) in [5, 5.41) is 4.30. The SMILES string of the molecule is CC.Nc1ccnc2c(C3=CC4=CC(C=CC=C4)N=C3)cnn12. The first-order valence-electron chi connectivity index (χ1n) is 7.71. The van der Waals surface area contributed by atoms with E-state index in [4.69, 9.17) is 5.73 Å². The molecule has 0 fully saturated rings. The first-order chi connectivity index (χ1) is 11.3. The van der Waals surface area contributed by atoms with Crippen LogP contribution in [0.25, 0.3) is 11.2 Å². The Morgan fingerprint density at radius 2 is 2.09 bits per heavy atom. The zero-order valence-corrected chi connectivity index (χ0v) is 13.2. The molecular weight excluding hydrogens is 286 g/mol. The van der Waals surface area contributed by atoms with E-state index >= 15 is 0 Å². The minimum absolute atomic E-state index is 0.0728. The van der Waals surface area contributed by atoms with Crippen molar-refractivity contribution >= 4 is 23.3 Å². The van der Waals surface area contributed by atoms with Gasteiger partial charge in [0.1, 0.15) is 5.82 Å². The maximum Gasteiger partial charge on any atom is 0.165 e. The molecule has 5 heteroatoms. The van der Waals surface area contributed by atoms with Gasteiger partial charge in [-0.3, -0.25) is 4.99 Å². The van der Waals surface area contributed by atoms with Gasteiger partial charge in [0, 0.05) is 23.5 Å². The Kier molecular flexibility index (Phi) is 4.19. The number of aromatic nitrogens is 3. The van der Waals surface area contributed by atoms with Crippen LogP contribution in [0.15, 0.2) is 65.5 Å². The number of fused-ring (bicyclic) bond motifs is 2. The van der Waals surface area contributed by atoms with Gasteiger partial charge in [0.15, 0.2) is 5.65 Å². The van der Waals surface area contributed by atoms with Crippen LogP contribution < -0.4 is 5.73 Å². The van der Waals surface area contributed by atoms with Crippen molar-refractivity contribution < 1.29 is 0 Å². The number of nitrogens with two attached hydrogens (primary N) is 1. The van der Waals surface area contributed by atoms with Crippen LogP contribution in [0.2, 0.25) is 0 Å². The molecule has 116 valence electrons. The molecule has 0 saturated carbocycles. The van der Waals surface area contributed by atoms with Crippen LogP contribution >= 0.6 is 0 Å². The van der Waals surface area contributed by atoms with Gasteiger partial charge in [0.25, 0.3) is 0 Å². The van der Waals surface area contributed by atoms with Gasteiger partial charge in [-0.05, 0) is 23.8 Å². The Hall–Kier alpha value is -2.95. The Morgan fingerprint density at radius 1 is 1.22 bits per heavy atom. The number of allylic oxidation sites excluding steroid dienone is 6. The zero-order chi connectivity index (χ0) is 16.2. The molecule has 2 N–H and O–H groups in total. The monoisotopic (exact) mass is 305 g/mol. The summed E-state index contributed by atoms with van der Waals surface area (Å²) in [6, 6.07) is 1.80. The minimum Gasteiger partial charge on any atom is -0.384 e. The van der Waals surface area contributed by atoms with Crippen LogP contribution in [0.5, 0.6) is 0 Å². The largest absolute Gasteiger partial charge is 0.384 e. The highest BCUT2D eigenvalue weighted by Crippen LogP contribution is 2.24. The van der Waals surface area contributed by atoms with Crippen LogP contribution in [-0.2, 0) is 0 Å². The maximum atomic E-state index is 5.91. The van der Waals surface area contributed by atoms with Gasteiger partial charge in [-0.2, -0.15) is 9.61 Å². The van der Waals surface area contributed by atoms with Crippen LogP contribution in [0.1, 0.15) is 19.4 Å². The first kappa shape index (κ1) is 15.0. The van der Waals surface area contributed by atoms with Gasteiger partial charge >= 0.3 is 0 Å². The highest BCUT2D eigenvalue weighted by atomic mass is 15.3. The molecule has 2 aromatic rings. The van der Waals surface area contributed by atoms with E-state index in [0.717, 1.165) is 22.4 Å². The molecule has 2 aromatic heterocycles. The maximum absolute atomic E-state index is 5.91.